The van der Waals surface area contributed by atoms with Crippen molar-refractivity contribution in [1.29, 1.82) is 0 Å². The highest BCUT2D eigenvalue weighted by molar-refractivity contribution is 7.22. The van der Waals surface area contributed by atoms with Crippen LogP contribution in [-0.2, 0) is 6.18 Å². The van der Waals surface area contributed by atoms with Crippen molar-refractivity contribution in [2.24, 2.45) is 0 Å². The van der Waals surface area contributed by atoms with E-state index < -0.39 is 17.6 Å². The molecular weight excluding hydrogens is 337 g/mol. The molecule has 3 rings (SSSR count). The van der Waals surface area contributed by atoms with Crippen molar-refractivity contribution in [3.05, 3.63) is 58.7 Å². The zero-order valence-electron chi connectivity index (χ0n) is 12.9. The first-order chi connectivity index (χ1) is 11.3. The predicted octanol–water partition coefficient (Wildman–Crippen LogP) is 5.18. The van der Waals surface area contributed by atoms with Gasteiger partial charge >= 0.3 is 6.18 Å². The van der Waals surface area contributed by atoms with Gasteiger partial charge in [-0.2, -0.15) is 13.2 Å². The van der Waals surface area contributed by atoms with Crippen molar-refractivity contribution in [2.45, 2.75) is 20.0 Å². The lowest BCUT2D eigenvalue weighted by Gasteiger charge is -2.06. The van der Waals surface area contributed by atoms with E-state index >= 15 is 0 Å². The van der Waals surface area contributed by atoms with Gasteiger partial charge in [0.15, 0.2) is 5.13 Å². The number of anilines is 1. The largest absolute Gasteiger partial charge is 0.418 e. The molecule has 0 radical (unpaired) electrons. The van der Waals surface area contributed by atoms with Gasteiger partial charge in [0.2, 0.25) is 0 Å². The average molecular weight is 350 g/mol. The first kappa shape index (κ1) is 16.4. The van der Waals surface area contributed by atoms with Gasteiger partial charge in [0.1, 0.15) is 0 Å². The van der Waals surface area contributed by atoms with Crippen molar-refractivity contribution >= 4 is 32.6 Å². The Kier molecular flexibility index (Phi) is 4.04. The van der Waals surface area contributed by atoms with Crippen LogP contribution in [0.3, 0.4) is 0 Å². The number of nitrogens with one attached hydrogen (secondary N) is 1. The topological polar surface area (TPSA) is 42.0 Å². The third kappa shape index (κ3) is 3.12. The molecule has 2 aromatic carbocycles. The lowest BCUT2D eigenvalue weighted by atomic mass is 10.1. The van der Waals surface area contributed by atoms with E-state index in [0.717, 1.165) is 28.5 Å². The van der Waals surface area contributed by atoms with Crippen molar-refractivity contribution in [3.8, 4) is 0 Å². The summed E-state index contributed by atoms with van der Waals surface area (Å²) in [5, 5.41) is 2.72. The SMILES string of the molecule is Cc1ccc(C(=O)Nc2nc3c(C(F)(F)F)cccc3s2)cc1C. The van der Waals surface area contributed by atoms with Gasteiger partial charge in [-0.05, 0) is 49.2 Å². The Hall–Kier alpha value is -2.41. The number of hydrogen-bond acceptors (Lipinski definition) is 3. The van der Waals surface area contributed by atoms with Crippen LogP contribution in [0.4, 0.5) is 18.3 Å². The van der Waals surface area contributed by atoms with Crippen LogP contribution >= 0.6 is 11.3 Å². The van der Waals surface area contributed by atoms with Crippen LogP contribution in [0.2, 0.25) is 0 Å². The molecule has 3 nitrogen and oxygen atoms in total. The van der Waals surface area contributed by atoms with Gasteiger partial charge in [-0.15, -0.1) is 0 Å². The molecule has 1 aromatic heterocycles. The average Bonchev–Trinajstić information content (AvgIpc) is 2.90. The molecule has 3 aromatic rings. The van der Waals surface area contributed by atoms with Crippen molar-refractivity contribution < 1.29 is 18.0 Å². The second-order valence-corrected chi connectivity index (χ2v) is 6.45. The number of aromatic nitrogens is 1. The Morgan fingerprint density at radius 1 is 1.12 bits per heavy atom. The monoisotopic (exact) mass is 350 g/mol. The zero-order chi connectivity index (χ0) is 17.5. The van der Waals surface area contributed by atoms with E-state index in [1.165, 1.54) is 6.07 Å². The maximum atomic E-state index is 13.0. The van der Waals surface area contributed by atoms with Crippen LogP contribution in [0.1, 0.15) is 27.0 Å². The Balaban J connectivity index is 1.93. The fraction of sp³-hybridized carbons (Fsp3) is 0.176. The van der Waals surface area contributed by atoms with Crippen LogP contribution in [0.5, 0.6) is 0 Å². The summed E-state index contributed by atoms with van der Waals surface area (Å²) in [5.74, 6) is -0.397. The first-order valence-corrected chi connectivity index (χ1v) is 7.93. The number of hydrogen-bond donors (Lipinski definition) is 1. The number of nitrogens with zero attached hydrogens (tertiary/aromatic N) is 1. The second-order valence-electron chi connectivity index (χ2n) is 5.42. The van der Waals surface area contributed by atoms with Gasteiger partial charge in [0, 0.05) is 5.56 Å². The number of thiazole rings is 1. The van der Waals surface area contributed by atoms with Crippen LogP contribution < -0.4 is 5.32 Å². The minimum Gasteiger partial charge on any atom is -0.298 e. The summed E-state index contributed by atoms with van der Waals surface area (Å²) < 4.78 is 39.4. The molecule has 7 heteroatoms. The number of alkyl halides is 3. The molecule has 0 saturated carbocycles. The fourth-order valence-corrected chi connectivity index (χ4v) is 3.17. The summed E-state index contributed by atoms with van der Waals surface area (Å²) in [4.78, 5) is 16.2. The number of halogens is 3. The van der Waals surface area contributed by atoms with Gasteiger partial charge in [-0.25, -0.2) is 4.98 Å². The maximum Gasteiger partial charge on any atom is 0.418 e. The minimum absolute atomic E-state index is 0.143. The summed E-state index contributed by atoms with van der Waals surface area (Å²) in [6.07, 6.45) is -4.48. The molecule has 0 unspecified atom stereocenters. The Labute approximate surface area is 140 Å². The number of benzene rings is 2. The second kappa shape index (κ2) is 5.90. The number of rotatable bonds is 2. The van der Waals surface area contributed by atoms with E-state index in [1.807, 2.05) is 19.9 Å². The molecule has 0 aliphatic rings. The van der Waals surface area contributed by atoms with E-state index in [2.05, 4.69) is 10.3 Å². The van der Waals surface area contributed by atoms with Crippen LogP contribution in [-0.4, -0.2) is 10.9 Å². The Morgan fingerprint density at radius 2 is 1.88 bits per heavy atom. The molecule has 1 N–H and O–H groups in total. The first-order valence-electron chi connectivity index (χ1n) is 7.11. The lowest BCUT2D eigenvalue weighted by Crippen LogP contribution is -2.12. The molecule has 0 bridgehead atoms. The fourth-order valence-electron chi connectivity index (χ4n) is 2.28. The molecule has 1 heterocycles. The molecule has 0 aliphatic heterocycles. The maximum absolute atomic E-state index is 13.0. The Bertz CT molecular complexity index is 931. The normalized spacial score (nSPS) is 11.7. The van der Waals surface area contributed by atoms with Gasteiger partial charge in [-0.1, -0.05) is 23.5 Å². The molecule has 0 aliphatic carbocycles. The number of amides is 1. The summed E-state index contributed by atoms with van der Waals surface area (Å²) in [7, 11) is 0. The molecule has 1 amide bonds. The number of carbonyl (C=O) groups excluding carboxylic acids is 1. The quantitative estimate of drug-likeness (QED) is 0.691. The smallest absolute Gasteiger partial charge is 0.298 e. The van der Waals surface area contributed by atoms with Crippen LogP contribution in [0.25, 0.3) is 10.2 Å². The standard InChI is InChI=1S/C17H13F3N2OS/c1-9-6-7-11(8-10(9)2)15(23)22-16-21-14-12(17(18,19)20)4-3-5-13(14)24-16/h3-8H,1-2H3,(H,21,22,23). The van der Waals surface area contributed by atoms with Crippen molar-refractivity contribution in [2.75, 3.05) is 5.32 Å². The van der Waals surface area contributed by atoms with Gasteiger partial charge in [0.25, 0.3) is 5.91 Å². The summed E-state index contributed by atoms with van der Waals surface area (Å²) >= 11 is 1.01. The van der Waals surface area contributed by atoms with Gasteiger partial charge in [-0.3, -0.25) is 10.1 Å². The van der Waals surface area contributed by atoms with E-state index in [0.29, 0.717) is 10.3 Å². The zero-order valence-corrected chi connectivity index (χ0v) is 13.7. The highest BCUT2D eigenvalue weighted by Gasteiger charge is 2.33. The van der Waals surface area contributed by atoms with Crippen molar-refractivity contribution in [3.63, 3.8) is 0 Å². The summed E-state index contributed by atoms with van der Waals surface area (Å²) in [6, 6.07) is 9.10. The molecule has 0 atom stereocenters. The predicted molar refractivity (Wildman–Crippen MR) is 88.5 cm³/mol. The Morgan fingerprint density at radius 3 is 2.54 bits per heavy atom. The number of fused-ring (bicyclic) bond motifs is 1. The molecule has 0 fully saturated rings. The van der Waals surface area contributed by atoms with E-state index in [9.17, 15) is 18.0 Å². The molecule has 24 heavy (non-hydrogen) atoms. The minimum atomic E-state index is -4.48. The van der Waals surface area contributed by atoms with Crippen LogP contribution in [0, 0.1) is 13.8 Å². The third-order valence-corrected chi connectivity index (χ3v) is 4.65. The molecule has 0 saturated heterocycles. The summed E-state index contributed by atoms with van der Waals surface area (Å²) in [6.45, 7) is 3.82. The number of aryl methyl sites for hydroxylation is 2. The van der Waals surface area contributed by atoms with Gasteiger partial charge < -0.3 is 0 Å². The highest BCUT2D eigenvalue weighted by atomic mass is 32.1. The van der Waals surface area contributed by atoms with E-state index in [4.69, 9.17) is 0 Å². The lowest BCUT2D eigenvalue weighted by molar-refractivity contribution is -0.136. The highest BCUT2D eigenvalue weighted by Crippen LogP contribution is 2.37. The molecular formula is C17H13F3N2OS. The van der Waals surface area contributed by atoms with E-state index in [1.54, 1.807) is 18.2 Å². The number of carbonyl (C=O) groups is 1. The molecule has 124 valence electrons. The number of para-hydroxylation sites is 1. The summed E-state index contributed by atoms with van der Waals surface area (Å²) in [5.41, 5.74) is 1.51. The van der Waals surface area contributed by atoms with Crippen LogP contribution in [0.15, 0.2) is 36.4 Å². The molecule has 0 spiro atoms. The third-order valence-electron chi connectivity index (χ3n) is 3.71. The van der Waals surface area contributed by atoms with E-state index in [-0.39, 0.29) is 10.6 Å². The van der Waals surface area contributed by atoms with Gasteiger partial charge in [0.05, 0.1) is 15.8 Å². The van der Waals surface area contributed by atoms with Crippen molar-refractivity contribution in [1.82, 2.24) is 4.98 Å².